The summed E-state index contributed by atoms with van der Waals surface area (Å²) in [6.07, 6.45) is 4.30. The number of nitrogens with zero attached hydrogens (tertiary/aromatic N) is 2. The zero-order chi connectivity index (χ0) is 19.4. The number of carbonyl (C=O) groups excluding carboxylic acids is 1. The standard InChI is InChI=1S/C19H28FN3O3S/c1-2-16-7-5-6-10-23(16)19(24)15-21-11-13-22(14-12-21)27(25,26)18-9-4-3-8-17(18)20/h3-4,8-9,16H,2,5-7,10-15H2,1H3/p+1/t16-/m1/s1. The largest absolute Gasteiger partial charge is 0.335 e. The number of likely N-dealkylation sites (tertiary alicyclic amines) is 1. The molecule has 150 valence electrons. The Bertz CT molecular complexity index is 763. The second-order valence-electron chi connectivity index (χ2n) is 7.41. The van der Waals surface area contributed by atoms with E-state index in [-0.39, 0.29) is 10.8 Å². The monoisotopic (exact) mass is 398 g/mol. The Hall–Kier alpha value is -1.51. The summed E-state index contributed by atoms with van der Waals surface area (Å²) in [5, 5.41) is 0. The molecule has 0 unspecified atom stereocenters. The van der Waals surface area contributed by atoms with E-state index in [4.69, 9.17) is 0 Å². The number of quaternary nitrogens is 1. The van der Waals surface area contributed by atoms with Crippen molar-refractivity contribution in [2.24, 2.45) is 0 Å². The lowest BCUT2D eigenvalue weighted by Gasteiger charge is -2.37. The van der Waals surface area contributed by atoms with Crippen LogP contribution in [0.3, 0.4) is 0 Å². The maximum Gasteiger partial charge on any atom is 0.278 e. The van der Waals surface area contributed by atoms with Gasteiger partial charge in [-0.2, -0.15) is 4.31 Å². The number of rotatable bonds is 5. The van der Waals surface area contributed by atoms with Gasteiger partial charge in [-0.05, 0) is 37.8 Å². The van der Waals surface area contributed by atoms with Crippen molar-refractivity contribution in [3.8, 4) is 0 Å². The Balaban J connectivity index is 1.57. The highest BCUT2D eigenvalue weighted by atomic mass is 32.2. The molecule has 1 N–H and O–H groups in total. The summed E-state index contributed by atoms with van der Waals surface area (Å²) in [6, 6.07) is 5.81. The SMILES string of the molecule is CC[C@@H]1CCCCN1C(=O)C[NH+]1CCN(S(=O)(=O)c2ccccc2F)CC1. The fourth-order valence-electron chi connectivity index (χ4n) is 4.08. The van der Waals surface area contributed by atoms with Crippen LogP contribution in [0, 0.1) is 5.82 Å². The van der Waals surface area contributed by atoms with Crippen LogP contribution in [0.1, 0.15) is 32.6 Å². The second kappa shape index (κ2) is 8.67. The number of halogens is 1. The third kappa shape index (κ3) is 4.50. The molecule has 0 bridgehead atoms. The molecule has 2 heterocycles. The zero-order valence-electron chi connectivity index (χ0n) is 15.9. The van der Waals surface area contributed by atoms with Crippen LogP contribution in [0.2, 0.25) is 0 Å². The van der Waals surface area contributed by atoms with Gasteiger partial charge in [0.25, 0.3) is 5.91 Å². The van der Waals surface area contributed by atoms with Crippen LogP contribution in [0.25, 0.3) is 0 Å². The first kappa shape index (κ1) is 20.2. The van der Waals surface area contributed by atoms with Crippen LogP contribution in [0.15, 0.2) is 29.2 Å². The lowest BCUT2D eigenvalue weighted by molar-refractivity contribution is -0.896. The van der Waals surface area contributed by atoms with Crippen molar-refractivity contribution in [1.29, 1.82) is 0 Å². The number of sulfonamides is 1. The molecule has 1 atom stereocenters. The molecule has 0 aliphatic carbocycles. The van der Waals surface area contributed by atoms with Crippen molar-refractivity contribution < 1.29 is 22.5 Å². The summed E-state index contributed by atoms with van der Waals surface area (Å²) in [7, 11) is -3.83. The van der Waals surface area contributed by atoms with Gasteiger partial charge < -0.3 is 9.80 Å². The molecule has 1 aromatic carbocycles. The number of piperidine rings is 1. The maximum absolute atomic E-state index is 13.9. The molecular weight excluding hydrogens is 369 g/mol. The molecular formula is C19H29FN3O3S+. The van der Waals surface area contributed by atoms with E-state index in [1.807, 2.05) is 4.90 Å². The molecule has 2 aliphatic heterocycles. The van der Waals surface area contributed by atoms with Gasteiger partial charge in [0.1, 0.15) is 10.7 Å². The summed E-state index contributed by atoms with van der Waals surface area (Å²) >= 11 is 0. The smallest absolute Gasteiger partial charge is 0.278 e. The Morgan fingerprint density at radius 2 is 1.89 bits per heavy atom. The van der Waals surface area contributed by atoms with Crippen LogP contribution in [0.4, 0.5) is 4.39 Å². The molecule has 8 heteroatoms. The Morgan fingerprint density at radius 1 is 1.19 bits per heavy atom. The van der Waals surface area contributed by atoms with Crippen LogP contribution < -0.4 is 4.90 Å². The fourth-order valence-corrected chi connectivity index (χ4v) is 5.59. The van der Waals surface area contributed by atoms with Gasteiger partial charge in [-0.1, -0.05) is 19.1 Å². The summed E-state index contributed by atoms with van der Waals surface area (Å²) in [5.41, 5.74) is 0. The van der Waals surface area contributed by atoms with Gasteiger partial charge in [-0.25, -0.2) is 12.8 Å². The molecule has 6 nitrogen and oxygen atoms in total. The minimum Gasteiger partial charge on any atom is -0.335 e. The van der Waals surface area contributed by atoms with Gasteiger partial charge in [0.05, 0.1) is 26.2 Å². The number of hydrogen-bond donors (Lipinski definition) is 1. The van der Waals surface area contributed by atoms with Gasteiger partial charge >= 0.3 is 0 Å². The van der Waals surface area contributed by atoms with Crippen molar-refractivity contribution in [2.45, 2.75) is 43.5 Å². The average Bonchev–Trinajstić information content (AvgIpc) is 2.68. The minimum atomic E-state index is -3.83. The minimum absolute atomic E-state index is 0.168. The summed E-state index contributed by atoms with van der Waals surface area (Å²) in [6.45, 7) is 5.08. The van der Waals surface area contributed by atoms with Crippen LogP contribution in [-0.4, -0.2) is 68.8 Å². The molecule has 1 amide bonds. The first-order chi connectivity index (χ1) is 12.9. The summed E-state index contributed by atoms with van der Waals surface area (Å²) < 4.78 is 40.6. The lowest BCUT2D eigenvalue weighted by Crippen LogP contribution is -3.15. The molecule has 2 aliphatic rings. The van der Waals surface area contributed by atoms with E-state index in [9.17, 15) is 17.6 Å². The Labute approximate surface area is 161 Å². The highest BCUT2D eigenvalue weighted by Crippen LogP contribution is 2.20. The van der Waals surface area contributed by atoms with E-state index < -0.39 is 15.8 Å². The van der Waals surface area contributed by atoms with Gasteiger partial charge in [0, 0.05) is 12.6 Å². The summed E-state index contributed by atoms with van der Waals surface area (Å²) in [4.78, 5) is 15.5. The van der Waals surface area contributed by atoms with Crippen molar-refractivity contribution >= 4 is 15.9 Å². The number of hydrogen-bond acceptors (Lipinski definition) is 3. The van der Waals surface area contributed by atoms with Gasteiger partial charge in [-0.15, -0.1) is 0 Å². The number of benzene rings is 1. The van der Waals surface area contributed by atoms with E-state index in [2.05, 4.69) is 6.92 Å². The third-order valence-electron chi connectivity index (χ3n) is 5.70. The Kier molecular flexibility index (Phi) is 6.49. The number of amides is 1. The molecule has 0 spiro atoms. The molecule has 0 radical (unpaired) electrons. The molecule has 0 saturated carbocycles. The molecule has 2 saturated heterocycles. The number of piperazine rings is 1. The van der Waals surface area contributed by atoms with E-state index >= 15 is 0 Å². The highest BCUT2D eigenvalue weighted by molar-refractivity contribution is 7.89. The average molecular weight is 399 g/mol. The molecule has 3 rings (SSSR count). The van der Waals surface area contributed by atoms with Crippen molar-refractivity contribution in [3.63, 3.8) is 0 Å². The molecule has 1 aromatic rings. The van der Waals surface area contributed by atoms with Gasteiger partial charge in [0.15, 0.2) is 6.54 Å². The van der Waals surface area contributed by atoms with Crippen molar-refractivity contribution in [1.82, 2.24) is 9.21 Å². The van der Waals surface area contributed by atoms with Gasteiger partial charge in [-0.3, -0.25) is 4.79 Å². The van der Waals surface area contributed by atoms with Crippen LogP contribution in [-0.2, 0) is 14.8 Å². The van der Waals surface area contributed by atoms with Crippen molar-refractivity contribution in [2.75, 3.05) is 39.3 Å². The highest BCUT2D eigenvalue weighted by Gasteiger charge is 2.34. The number of nitrogens with one attached hydrogen (secondary N) is 1. The molecule has 27 heavy (non-hydrogen) atoms. The number of carbonyl (C=O) groups is 1. The lowest BCUT2D eigenvalue weighted by atomic mass is 10.00. The van der Waals surface area contributed by atoms with Gasteiger partial charge in [0.2, 0.25) is 10.0 Å². The van der Waals surface area contributed by atoms with E-state index in [0.29, 0.717) is 38.8 Å². The quantitative estimate of drug-likeness (QED) is 0.786. The van der Waals surface area contributed by atoms with E-state index in [1.165, 1.54) is 28.9 Å². The summed E-state index contributed by atoms with van der Waals surface area (Å²) in [5.74, 6) is -0.555. The van der Waals surface area contributed by atoms with Crippen LogP contribution in [0.5, 0.6) is 0 Å². The molecule has 0 aromatic heterocycles. The first-order valence-corrected chi connectivity index (χ1v) is 11.2. The van der Waals surface area contributed by atoms with E-state index in [0.717, 1.165) is 36.8 Å². The van der Waals surface area contributed by atoms with Crippen molar-refractivity contribution in [3.05, 3.63) is 30.1 Å². The predicted molar refractivity (Wildman–Crippen MR) is 100 cm³/mol. The predicted octanol–water partition coefficient (Wildman–Crippen LogP) is 0.506. The zero-order valence-corrected chi connectivity index (χ0v) is 16.7. The third-order valence-corrected chi connectivity index (χ3v) is 7.64. The maximum atomic E-state index is 13.9. The van der Waals surface area contributed by atoms with E-state index in [1.54, 1.807) is 0 Å². The first-order valence-electron chi connectivity index (χ1n) is 9.81. The van der Waals surface area contributed by atoms with Crippen LogP contribution >= 0.6 is 0 Å². The topological polar surface area (TPSA) is 62.1 Å². The molecule has 2 fully saturated rings. The normalized spacial score (nSPS) is 22.7. The fraction of sp³-hybridized carbons (Fsp3) is 0.632. The Morgan fingerprint density at radius 3 is 2.56 bits per heavy atom. The second-order valence-corrected chi connectivity index (χ2v) is 9.31.